The highest BCUT2D eigenvalue weighted by Gasteiger charge is 2.46. The molecule has 1 saturated carbocycles. The van der Waals surface area contributed by atoms with E-state index in [1.165, 1.54) is 6.42 Å². The molecule has 0 atom stereocenters. The summed E-state index contributed by atoms with van der Waals surface area (Å²) in [6.45, 7) is 1.50. The fourth-order valence-corrected chi connectivity index (χ4v) is 3.23. The molecule has 1 saturated heterocycles. The Hall–Kier alpha value is -0.570. The molecule has 1 heterocycles. The molecular formula is C12H20O3. The van der Waals surface area contributed by atoms with Gasteiger partial charge in [-0.25, -0.2) is 0 Å². The van der Waals surface area contributed by atoms with Crippen LogP contribution >= 0.6 is 0 Å². The molecule has 0 amide bonds. The van der Waals surface area contributed by atoms with E-state index in [1.54, 1.807) is 0 Å². The van der Waals surface area contributed by atoms with Crippen molar-refractivity contribution in [3.05, 3.63) is 0 Å². The Labute approximate surface area is 90.8 Å². The van der Waals surface area contributed by atoms with Gasteiger partial charge < -0.3 is 9.84 Å². The zero-order valence-corrected chi connectivity index (χ0v) is 9.21. The average Bonchev–Trinajstić information content (AvgIpc) is 2.31. The van der Waals surface area contributed by atoms with Crippen molar-refractivity contribution in [2.24, 2.45) is 11.3 Å². The Morgan fingerprint density at radius 2 is 1.73 bits per heavy atom. The Morgan fingerprint density at radius 1 is 1.13 bits per heavy atom. The van der Waals surface area contributed by atoms with Crippen molar-refractivity contribution >= 4 is 5.97 Å². The molecule has 2 aliphatic rings. The van der Waals surface area contributed by atoms with E-state index >= 15 is 0 Å². The molecule has 0 aromatic rings. The summed E-state index contributed by atoms with van der Waals surface area (Å²) in [5, 5.41) is 9.50. The molecule has 3 heteroatoms. The molecule has 0 bridgehead atoms. The smallest absolute Gasteiger partial charge is 0.309 e. The number of carboxylic acid groups (broad SMARTS) is 1. The predicted molar refractivity (Wildman–Crippen MR) is 56.7 cm³/mol. The Kier molecular flexibility index (Phi) is 3.29. The minimum atomic E-state index is -0.561. The first-order valence-electron chi connectivity index (χ1n) is 6.07. The molecule has 2 rings (SSSR count). The van der Waals surface area contributed by atoms with E-state index in [4.69, 9.17) is 4.74 Å². The van der Waals surface area contributed by atoms with Crippen molar-refractivity contribution in [1.82, 2.24) is 0 Å². The lowest BCUT2D eigenvalue weighted by molar-refractivity contribution is -0.158. The van der Waals surface area contributed by atoms with Gasteiger partial charge in [-0.2, -0.15) is 0 Å². The van der Waals surface area contributed by atoms with Crippen molar-refractivity contribution in [2.45, 2.75) is 44.9 Å². The van der Waals surface area contributed by atoms with E-state index in [0.29, 0.717) is 5.92 Å². The third kappa shape index (κ3) is 2.03. The number of aliphatic carboxylic acids is 1. The van der Waals surface area contributed by atoms with Crippen LogP contribution in [0.2, 0.25) is 0 Å². The molecule has 1 aliphatic heterocycles. The monoisotopic (exact) mass is 212 g/mol. The quantitative estimate of drug-likeness (QED) is 0.764. The topological polar surface area (TPSA) is 46.5 Å². The van der Waals surface area contributed by atoms with Crippen LogP contribution in [-0.2, 0) is 9.53 Å². The van der Waals surface area contributed by atoms with Crippen LogP contribution in [0.4, 0.5) is 0 Å². The van der Waals surface area contributed by atoms with Crippen LogP contribution < -0.4 is 0 Å². The van der Waals surface area contributed by atoms with Crippen molar-refractivity contribution in [3.63, 3.8) is 0 Å². The molecule has 0 spiro atoms. The number of carbonyl (C=O) groups is 1. The molecule has 1 N–H and O–H groups in total. The first kappa shape index (κ1) is 10.9. The summed E-state index contributed by atoms with van der Waals surface area (Å²) >= 11 is 0. The SMILES string of the molecule is O=C(O)C1(C2CCOCC2)CCCCC1. The van der Waals surface area contributed by atoms with Crippen molar-refractivity contribution < 1.29 is 14.6 Å². The van der Waals surface area contributed by atoms with Gasteiger partial charge in [0, 0.05) is 13.2 Å². The molecule has 0 aromatic carbocycles. The summed E-state index contributed by atoms with van der Waals surface area (Å²) in [7, 11) is 0. The molecule has 3 nitrogen and oxygen atoms in total. The van der Waals surface area contributed by atoms with Crippen LogP contribution in [0.15, 0.2) is 0 Å². The van der Waals surface area contributed by atoms with E-state index in [2.05, 4.69) is 0 Å². The van der Waals surface area contributed by atoms with Crippen LogP contribution in [0.1, 0.15) is 44.9 Å². The normalized spacial score (nSPS) is 27.5. The second-order valence-electron chi connectivity index (χ2n) is 4.91. The minimum absolute atomic E-state index is 0.351. The fraction of sp³-hybridized carbons (Fsp3) is 0.917. The predicted octanol–water partition coefficient (Wildman–Crippen LogP) is 2.45. The molecule has 0 unspecified atom stereocenters. The summed E-state index contributed by atoms with van der Waals surface area (Å²) in [5.74, 6) is -0.210. The van der Waals surface area contributed by atoms with E-state index in [-0.39, 0.29) is 0 Å². The number of hydrogen-bond acceptors (Lipinski definition) is 2. The maximum Gasteiger partial charge on any atom is 0.309 e. The van der Waals surface area contributed by atoms with Gasteiger partial charge in [-0.3, -0.25) is 4.79 Å². The summed E-state index contributed by atoms with van der Waals surface area (Å²) in [6, 6.07) is 0. The van der Waals surface area contributed by atoms with Gasteiger partial charge in [-0.15, -0.1) is 0 Å². The summed E-state index contributed by atoms with van der Waals surface area (Å²) in [4.78, 5) is 11.5. The molecule has 1 aliphatic carbocycles. The lowest BCUT2D eigenvalue weighted by Gasteiger charge is -2.41. The number of hydrogen-bond donors (Lipinski definition) is 1. The minimum Gasteiger partial charge on any atom is -0.481 e. The second-order valence-corrected chi connectivity index (χ2v) is 4.91. The maximum absolute atomic E-state index is 11.5. The average molecular weight is 212 g/mol. The summed E-state index contributed by atoms with van der Waals surface area (Å²) in [5.41, 5.74) is -0.415. The lowest BCUT2D eigenvalue weighted by Crippen LogP contribution is -2.42. The van der Waals surface area contributed by atoms with Gasteiger partial charge in [0.1, 0.15) is 0 Å². The van der Waals surface area contributed by atoms with Gasteiger partial charge in [-0.05, 0) is 31.6 Å². The van der Waals surface area contributed by atoms with Crippen LogP contribution in [0.5, 0.6) is 0 Å². The number of carboxylic acids is 1. The van der Waals surface area contributed by atoms with Crippen molar-refractivity contribution in [3.8, 4) is 0 Å². The first-order valence-corrected chi connectivity index (χ1v) is 6.07. The molecule has 15 heavy (non-hydrogen) atoms. The van der Waals surface area contributed by atoms with Crippen molar-refractivity contribution in [2.75, 3.05) is 13.2 Å². The fourth-order valence-electron chi connectivity index (χ4n) is 3.23. The Balaban J connectivity index is 2.12. The number of ether oxygens (including phenoxy) is 1. The second kappa shape index (κ2) is 4.52. The molecule has 2 fully saturated rings. The molecular weight excluding hydrogens is 192 g/mol. The van der Waals surface area contributed by atoms with Crippen LogP contribution in [-0.4, -0.2) is 24.3 Å². The standard InChI is InChI=1S/C12H20O3/c13-11(14)12(6-2-1-3-7-12)10-4-8-15-9-5-10/h10H,1-9H2,(H,13,14). The third-order valence-corrected chi connectivity index (χ3v) is 4.17. The van der Waals surface area contributed by atoms with Gasteiger partial charge in [0.05, 0.1) is 5.41 Å². The number of rotatable bonds is 2. The summed E-state index contributed by atoms with van der Waals surface area (Å²) < 4.78 is 5.32. The third-order valence-electron chi connectivity index (χ3n) is 4.17. The van der Waals surface area contributed by atoms with E-state index in [9.17, 15) is 9.90 Å². The highest BCUT2D eigenvalue weighted by atomic mass is 16.5. The first-order chi connectivity index (χ1) is 7.26. The lowest BCUT2D eigenvalue weighted by atomic mass is 9.63. The molecule has 0 radical (unpaired) electrons. The van der Waals surface area contributed by atoms with E-state index < -0.39 is 11.4 Å². The van der Waals surface area contributed by atoms with Gasteiger partial charge >= 0.3 is 5.97 Å². The van der Waals surface area contributed by atoms with E-state index in [0.717, 1.165) is 51.7 Å². The Bertz CT molecular complexity index is 225. The highest BCUT2D eigenvalue weighted by Crippen LogP contribution is 2.46. The largest absolute Gasteiger partial charge is 0.481 e. The zero-order valence-electron chi connectivity index (χ0n) is 9.21. The molecule has 86 valence electrons. The molecule has 0 aromatic heterocycles. The van der Waals surface area contributed by atoms with Crippen LogP contribution in [0, 0.1) is 11.3 Å². The van der Waals surface area contributed by atoms with Crippen LogP contribution in [0.25, 0.3) is 0 Å². The van der Waals surface area contributed by atoms with Gasteiger partial charge in [-0.1, -0.05) is 19.3 Å². The van der Waals surface area contributed by atoms with Gasteiger partial charge in [0.15, 0.2) is 0 Å². The van der Waals surface area contributed by atoms with E-state index in [1.807, 2.05) is 0 Å². The maximum atomic E-state index is 11.5. The van der Waals surface area contributed by atoms with Gasteiger partial charge in [0.2, 0.25) is 0 Å². The zero-order chi connectivity index (χ0) is 10.7. The highest BCUT2D eigenvalue weighted by molar-refractivity contribution is 5.75. The Morgan fingerprint density at radius 3 is 2.27 bits per heavy atom. The van der Waals surface area contributed by atoms with Gasteiger partial charge in [0.25, 0.3) is 0 Å². The summed E-state index contributed by atoms with van der Waals surface area (Å²) in [6.07, 6.45) is 7.02. The van der Waals surface area contributed by atoms with Crippen LogP contribution in [0.3, 0.4) is 0 Å². The van der Waals surface area contributed by atoms with Crippen molar-refractivity contribution in [1.29, 1.82) is 0 Å².